The van der Waals surface area contributed by atoms with E-state index in [1.165, 1.54) is 0 Å². The number of nitrogens with zero attached hydrogens (tertiary/aromatic N) is 1. The van der Waals surface area contributed by atoms with Gasteiger partial charge in [0.2, 0.25) is 0 Å². The van der Waals surface area contributed by atoms with Crippen molar-refractivity contribution in [3.8, 4) is 0 Å². The van der Waals surface area contributed by atoms with Crippen molar-refractivity contribution in [2.24, 2.45) is 0 Å². The summed E-state index contributed by atoms with van der Waals surface area (Å²) in [5.41, 5.74) is 1.40. The van der Waals surface area contributed by atoms with E-state index in [4.69, 9.17) is 5.11 Å². The summed E-state index contributed by atoms with van der Waals surface area (Å²) in [6, 6.07) is 6.89. The number of rotatable bonds is 5. The maximum Gasteiger partial charge on any atom is 0.340 e. The average molecular weight is 309 g/mol. The molecule has 0 saturated carbocycles. The molecule has 1 atom stereocenters. The van der Waals surface area contributed by atoms with Crippen molar-refractivity contribution >= 4 is 16.0 Å². The van der Waals surface area contributed by atoms with Crippen LogP contribution in [0.3, 0.4) is 0 Å². The Morgan fingerprint density at radius 3 is 2.76 bits per heavy atom. The number of aromatic carboxylic acids is 1. The Hall–Kier alpha value is -2.19. The lowest BCUT2D eigenvalue weighted by atomic mass is 10.1. The van der Waals surface area contributed by atoms with Gasteiger partial charge in [0.15, 0.2) is 5.03 Å². The molecule has 1 aromatic heterocycles. The van der Waals surface area contributed by atoms with Gasteiger partial charge in [0.05, 0.1) is 6.20 Å². The average Bonchev–Trinajstić information content (AvgIpc) is 2.88. The summed E-state index contributed by atoms with van der Waals surface area (Å²) < 4.78 is 26.9. The van der Waals surface area contributed by atoms with Crippen LogP contribution < -0.4 is 4.72 Å². The molecule has 0 saturated heterocycles. The number of hydrogen-bond donors (Lipinski definition) is 3. The standard InChI is InChI=1S/C13H15N3O4S/c1-8-4-3-5-10(6-8)9(2)16-21(19,20)12-11(13(17)18)7-14-15-12/h3-7,9,16H,1-2H3,(H,14,15)(H,17,18)/t9-/m1/s1. The number of hydrogen-bond acceptors (Lipinski definition) is 4. The van der Waals surface area contributed by atoms with E-state index >= 15 is 0 Å². The normalized spacial score (nSPS) is 13.0. The second kappa shape index (κ2) is 5.66. The van der Waals surface area contributed by atoms with Gasteiger partial charge in [0.1, 0.15) is 5.56 Å². The second-order valence-electron chi connectivity index (χ2n) is 4.68. The zero-order chi connectivity index (χ0) is 15.6. The van der Waals surface area contributed by atoms with Gasteiger partial charge in [-0.2, -0.15) is 5.10 Å². The van der Waals surface area contributed by atoms with Gasteiger partial charge in [-0.25, -0.2) is 17.9 Å². The van der Waals surface area contributed by atoms with Crippen LogP contribution in [0.4, 0.5) is 0 Å². The summed E-state index contributed by atoms with van der Waals surface area (Å²) in [4.78, 5) is 11.0. The Balaban J connectivity index is 2.29. The van der Waals surface area contributed by atoms with E-state index in [9.17, 15) is 13.2 Å². The summed E-state index contributed by atoms with van der Waals surface area (Å²) in [6.07, 6.45) is 0.966. The minimum absolute atomic E-state index is 0.390. The van der Waals surface area contributed by atoms with Crippen LogP contribution in [0, 0.1) is 6.92 Å². The number of carboxylic acid groups (broad SMARTS) is 1. The van der Waals surface area contributed by atoms with Crippen molar-refractivity contribution in [3.63, 3.8) is 0 Å². The van der Waals surface area contributed by atoms with Crippen LogP contribution in [0.1, 0.15) is 34.5 Å². The van der Waals surface area contributed by atoms with Crippen LogP contribution in [0.15, 0.2) is 35.5 Å². The van der Waals surface area contributed by atoms with E-state index in [1.54, 1.807) is 13.0 Å². The van der Waals surface area contributed by atoms with Crippen molar-refractivity contribution in [3.05, 3.63) is 47.2 Å². The highest BCUT2D eigenvalue weighted by Crippen LogP contribution is 2.18. The number of aromatic amines is 1. The van der Waals surface area contributed by atoms with Crippen molar-refractivity contribution < 1.29 is 18.3 Å². The van der Waals surface area contributed by atoms with Crippen LogP contribution in [-0.2, 0) is 10.0 Å². The monoisotopic (exact) mass is 309 g/mol. The maximum atomic E-state index is 12.2. The predicted molar refractivity (Wildman–Crippen MR) is 75.5 cm³/mol. The number of aromatic nitrogens is 2. The van der Waals surface area contributed by atoms with Crippen LogP contribution in [0.25, 0.3) is 0 Å². The van der Waals surface area contributed by atoms with E-state index in [1.807, 2.05) is 25.1 Å². The first-order valence-corrected chi connectivity index (χ1v) is 7.65. The molecule has 2 aromatic rings. The molecule has 0 unspecified atom stereocenters. The highest BCUT2D eigenvalue weighted by Gasteiger charge is 2.26. The predicted octanol–water partition coefficient (Wildman–Crippen LogP) is 1.46. The largest absolute Gasteiger partial charge is 0.478 e. The van der Waals surface area contributed by atoms with E-state index in [-0.39, 0.29) is 5.56 Å². The summed E-state index contributed by atoms with van der Waals surface area (Å²) in [5.74, 6) is -1.35. The first-order valence-electron chi connectivity index (χ1n) is 6.17. The lowest BCUT2D eigenvalue weighted by Gasteiger charge is -2.14. The fourth-order valence-electron chi connectivity index (χ4n) is 1.93. The second-order valence-corrected chi connectivity index (χ2v) is 6.33. The van der Waals surface area contributed by atoms with Crippen molar-refractivity contribution in [1.29, 1.82) is 0 Å². The molecule has 0 aliphatic carbocycles. The minimum Gasteiger partial charge on any atom is -0.478 e. The van der Waals surface area contributed by atoms with E-state index in [2.05, 4.69) is 14.9 Å². The molecule has 0 bridgehead atoms. The third-order valence-corrected chi connectivity index (χ3v) is 4.49. The molecule has 2 rings (SSSR count). The van der Waals surface area contributed by atoms with Gasteiger partial charge in [-0.15, -0.1) is 0 Å². The number of carbonyl (C=O) groups is 1. The Morgan fingerprint density at radius 2 is 2.14 bits per heavy atom. The molecule has 0 fully saturated rings. The van der Waals surface area contributed by atoms with Gasteiger partial charge in [0.25, 0.3) is 10.0 Å². The van der Waals surface area contributed by atoms with Gasteiger partial charge in [-0.05, 0) is 19.4 Å². The van der Waals surface area contributed by atoms with Crippen LogP contribution in [0.5, 0.6) is 0 Å². The third kappa shape index (κ3) is 3.29. The number of sulfonamides is 1. The molecular weight excluding hydrogens is 294 g/mol. The van der Waals surface area contributed by atoms with E-state index in [0.29, 0.717) is 0 Å². The Bertz CT molecular complexity index is 767. The minimum atomic E-state index is -4.00. The number of nitrogens with one attached hydrogen (secondary N) is 2. The Morgan fingerprint density at radius 1 is 1.43 bits per heavy atom. The van der Waals surface area contributed by atoms with Gasteiger partial charge in [-0.1, -0.05) is 29.8 Å². The highest BCUT2D eigenvalue weighted by atomic mass is 32.2. The van der Waals surface area contributed by atoms with E-state index in [0.717, 1.165) is 17.3 Å². The van der Waals surface area contributed by atoms with Gasteiger partial charge < -0.3 is 5.11 Å². The number of benzene rings is 1. The molecule has 3 N–H and O–H groups in total. The van der Waals surface area contributed by atoms with Gasteiger partial charge >= 0.3 is 5.97 Å². The first-order chi connectivity index (χ1) is 9.81. The zero-order valence-electron chi connectivity index (χ0n) is 11.5. The van der Waals surface area contributed by atoms with Crippen LogP contribution in [-0.4, -0.2) is 29.7 Å². The maximum absolute atomic E-state index is 12.2. The molecule has 112 valence electrons. The van der Waals surface area contributed by atoms with Crippen molar-refractivity contribution in [2.75, 3.05) is 0 Å². The lowest BCUT2D eigenvalue weighted by Crippen LogP contribution is -2.28. The van der Waals surface area contributed by atoms with Crippen LogP contribution >= 0.6 is 0 Å². The topological polar surface area (TPSA) is 112 Å². The Labute approximate surface area is 122 Å². The molecule has 1 heterocycles. The number of aryl methyl sites for hydroxylation is 1. The van der Waals surface area contributed by atoms with Gasteiger partial charge in [-0.3, -0.25) is 5.10 Å². The quantitative estimate of drug-likeness (QED) is 0.774. The number of carboxylic acids is 1. The third-order valence-electron chi connectivity index (χ3n) is 2.98. The fraction of sp³-hybridized carbons (Fsp3) is 0.231. The SMILES string of the molecule is Cc1cccc([C@@H](C)NS(=O)(=O)c2[nH]ncc2C(=O)O)c1. The molecule has 1 aromatic carbocycles. The summed E-state index contributed by atoms with van der Waals surface area (Å²) in [5, 5.41) is 14.2. The first kappa shape index (κ1) is 15.2. The molecule has 0 amide bonds. The van der Waals surface area contributed by atoms with E-state index < -0.39 is 27.1 Å². The molecule has 8 heteroatoms. The molecule has 0 aliphatic heterocycles. The van der Waals surface area contributed by atoms with Crippen molar-refractivity contribution in [2.45, 2.75) is 24.9 Å². The van der Waals surface area contributed by atoms with Gasteiger partial charge in [0, 0.05) is 6.04 Å². The summed E-state index contributed by atoms with van der Waals surface area (Å²) in [6.45, 7) is 3.59. The molecule has 0 aliphatic rings. The van der Waals surface area contributed by atoms with Crippen LogP contribution in [0.2, 0.25) is 0 Å². The van der Waals surface area contributed by atoms with Crippen molar-refractivity contribution in [1.82, 2.24) is 14.9 Å². The lowest BCUT2D eigenvalue weighted by molar-refractivity contribution is 0.0692. The zero-order valence-corrected chi connectivity index (χ0v) is 12.3. The smallest absolute Gasteiger partial charge is 0.340 e. The highest BCUT2D eigenvalue weighted by molar-refractivity contribution is 7.89. The summed E-state index contributed by atoms with van der Waals surface area (Å²) in [7, 11) is -4.00. The fourth-order valence-corrected chi connectivity index (χ4v) is 3.25. The molecule has 0 spiro atoms. The Kier molecular flexibility index (Phi) is 4.10. The molecular formula is C13H15N3O4S. The molecule has 7 nitrogen and oxygen atoms in total. The molecule has 21 heavy (non-hydrogen) atoms. The summed E-state index contributed by atoms with van der Waals surface area (Å²) >= 11 is 0. The number of H-pyrrole nitrogens is 1. The molecule has 0 radical (unpaired) electrons.